The molecule has 2 fully saturated rings. The molecule has 1 aromatic heterocycles. The van der Waals surface area contributed by atoms with Crippen LogP contribution in [0.3, 0.4) is 0 Å². The Bertz CT molecular complexity index is 906. The highest BCUT2D eigenvalue weighted by molar-refractivity contribution is 6.31. The number of piperidine rings is 1. The first-order valence-corrected chi connectivity index (χ1v) is 11.9. The van der Waals surface area contributed by atoms with Crippen molar-refractivity contribution in [3.8, 4) is 0 Å². The van der Waals surface area contributed by atoms with Gasteiger partial charge in [0.1, 0.15) is 0 Å². The minimum Gasteiger partial charge on any atom is -0.337 e. The van der Waals surface area contributed by atoms with Crippen molar-refractivity contribution in [2.75, 3.05) is 31.1 Å². The topological polar surface area (TPSA) is 64.6 Å². The van der Waals surface area contributed by atoms with Gasteiger partial charge in [-0.15, -0.1) is 0 Å². The fraction of sp³-hybridized carbons (Fsp3) is 0.542. The lowest BCUT2D eigenvalue weighted by Gasteiger charge is -2.45. The maximum Gasteiger partial charge on any atom is 0.318 e. The van der Waals surface area contributed by atoms with Crippen molar-refractivity contribution in [3.05, 3.63) is 52.8 Å². The summed E-state index contributed by atoms with van der Waals surface area (Å²) < 4.78 is 0. The number of benzene rings is 1. The third-order valence-corrected chi connectivity index (χ3v) is 6.88. The number of aromatic nitrogens is 2. The van der Waals surface area contributed by atoms with Crippen molar-refractivity contribution < 1.29 is 4.79 Å². The number of likely N-dealkylation sites (tertiary alicyclic amines) is 1. The molecule has 0 radical (unpaired) electrons. The maximum absolute atomic E-state index is 13.1. The van der Waals surface area contributed by atoms with Gasteiger partial charge in [0.2, 0.25) is 5.95 Å². The van der Waals surface area contributed by atoms with E-state index in [0.29, 0.717) is 24.1 Å². The van der Waals surface area contributed by atoms with Crippen molar-refractivity contribution in [2.45, 2.75) is 58.3 Å². The first-order chi connectivity index (χ1) is 15.4. The van der Waals surface area contributed by atoms with E-state index in [1.165, 1.54) is 5.56 Å². The molecule has 8 heteroatoms. The first-order valence-electron chi connectivity index (χ1n) is 11.5. The molecule has 0 aliphatic carbocycles. The molecule has 2 aliphatic heterocycles. The second kappa shape index (κ2) is 10.0. The molecule has 0 spiro atoms. The van der Waals surface area contributed by atoms with E-state index in [4.69, 9.17) is 11.6 Å². The average Bonchev–Trinajstić information content (AvgIpc) is 2.77. The van der Waals surface area contributed by atoms with E-state index in [2.05, 4.69) is 69.3 Å². The van der Waals surface area contributed by atoms with Crippen LogP contribution in [0.1, 0.15) is 37.9 Å². The predicted molar refractivity (Wildman–Crippen MR) is 128 cm³/mol. The Balaban J connectivity index is 1.29. The number of urea groups is 1. The van der Waals surface area contributed by atoms with Crippen LogP contribution in [-0.4, -0.2) is 70.1 Å². The molecule has 2 atom stereocenters. The van der Waals surface area contributed by atoms with Gasteiger partial charge in [-0.1, -0.05) is 41.9 Å². The molecular weight excluding hydrogens is 424 g/mol. The van der Waals surface area contributed by atoms with E-state index < -0.39 is 0 Å². The standard InChI is InChI=1S/C24H33ClN6O/c1-17-14-30(23-26-13-22(25)19(3)27-23)15-18(2)31(17)24(32)28-21-9-11-29(12-10-21)16-20-7-5-4-6-8-20/h4-8,13,17-18,21H,9-12,14-16H2,1-3H3,(H,28,32)/t17-,18+. The van der Waals surface area contributed by atoms with Gasteiger partial charge >= 0.3 is 6.03 Å². The fourth-order valence-corrected chi connectivity index (χ4v) is 4.90. The molecule has 172 valence electrons. The summed E-state index contributed by atoms with van der Waals surface area (Å²) in [5.41, 5.74) is 2.12. The molecule has 0 bridgehead atoms. The van der Waals surface area contributed by atoms with Gasteiger partial charge in [0, 0.05) is 50.8 Å². The Hall–Kier alpha value is -2.38. The smallest absolute Gasteiger partial charge is 0.318 e. The van der Waals surface area contributed by atoms with Crippen LogP contribution in [0, 0.1) is 6.92 Å². The van der Waals surface area contributed by atoms with E-state index in [1.807, 2.05) is 11.8 Å². The van der Waals surface area contributed by atoms with Gasteiger partial charge < -0.3 is 15.1 Å². The minimum atomic E-state index is 0.0411. The molecule has 0 saturated carbocycles. The Morgan fingerprint density at radius 3 is 2.41 bits per heavy atom. The van der Waals surface area contributed by atoms with Gasteiger partial charge in [0.05, 0.1) is 16.9 Å². The number of rotatable bonds is 4. The van der Waals surface area contributed by atoms with Gasteiger partial charge in [0.15, 0.2) is 0 Å². The van der Waals surface area contributed by atoms with Gasteiger partial charge in [-0.25, -0.2) is 14.8 Å². The third kappa shape index (κ3) is 5.33. The highest BCUT2D eigenvalue weighted by atomic mass is 35.5. The SMILES string of the molecule is Cc1nc(N2C[C@@H](C)N(C(=O)NC3CCN(Cc4ccccc4)CC3)[C@@H](C)C2)ncc1Cl. The number of nitrogens with zero attached hydrogens (tertiary/aromatic N) is 5. The molecule has 3 heterocycles. The Morgan fingerprint density at radius 2 is 1.78 bits per heavy atom. The van der Waals surface area contributed by atoms with Crippen molar-refractivity contribution in [1.29, 1.82) is 0 Å². The Labute approximate surface area is 195 Å². The Kier molecular flexibility index (Phi) is 7.16. The molecular formula is C24H33ClN6O. The molecule has 4 rings (SSSR count). The highest BCUT2D eigenvalue weighted by Crippen LogP contribution is 2.22. The quantitative estimate of drug-likeness (QED) is 0.759. The minimum absolute atomic E-state index is 0.0411. The van der Waals surface area contributed by atoms with Gasteiger partial charge in [-0.3, -0.25) is 4.90 Å². The van der Waals surface area contributed by atoms with Crippen LogP contribution in [-0.2, 0) is 6.54 Å². The van der Waals surface area contributed by atoms with Crippen LogP contribution in [0.25, 0.3) is 0 Å². The maximum atomic E-state index is 13.1. The predicted octanol–water partition coefficient (Wildman–Crippen LogP) is 3.71. The average molecular weight is 457 g/mol. The number of hydrogen-bond acceptors (Lipinski definition) is 5. The molecule has 0 unspecified atom stereocenters. The third-order valence-electron chi connectivity index (χ3n) is 6.51. The van der Waals surface area contributed by atoms with Crippen LogP contribution < -0.4 is 10.2 Å². The lowest BCUT2D eigenvalue weighted by Crippen LogP contribution is -2.62. The van der Waals surface area contributed by atoms with Crippen LogP contribution in [0.5, 0.6) is 0 Å². The number of amides is 2. The number of aryl methyl sites for hydroxylation is 1. The summed E-state index contributed by atoms with van der Waals surface area (Å²) in [4.78, 5) is 28.6. The van der Waals surface area contributed by atoms with E-state index in [-0.39, 0.29) is 24.2 Å². The molecule has 2 saturated heterocycles. The summed E-state index contributed by atoms with van der Waals surface area (Å²) in [7, 11) is 0. The van der Waals surface area contributed by atoms with Crippen molar-refractivity contribution >= 4 is 23.6 Å². The van der Waals surface area contributed by atoms with Crippen LogP contribution in [0.2, 0.25) is 5.02 Å². The second-order valence-corrected chi connectivity index (χ2v) is 9.51. The number of nitrogens with one attached hydrogen (secondary N) is 1. The summed E-state index contributed by atoms with van der Waals surface area (Å²) in [5, 5.41) is 3.87. The van der Waals surface area contributed by atoms with Crippen LogP contribution in [0.15, 0.2) is 36.5 Å². The summed E-state index contributed by atoms with van der Waals surface area (Å²) in [6, 6.07) is 11.0. The summed E-state index contributed by atoms with van der Waals surface area (Å²) >= 11 is 6.08. The molecule has 2 aliphatic rings. The van der Waals surface area contributed by atoms with E-state index in [0.717, 1.165) is 38.2 Å². The van der Waals surface area contributed by atoms with Crippen molar-refractivity contribution in [3.63, 3.8) is 0 Å². The molecule has 2 aromatic rings. The fourth-order valence-electron chi connectivity index (χ4n) is 4.81. The van der Waals surface area contributed by atoms with Gasteiger partial charge in [-0.2, -0.15) is 0 Å². The number of halogens is 1. The number of piperazine rings is 1. The molecule has 32 heavy (non-hydrogen) atoms. The summed E-state index contributed by atoms with van der Waals surface area (Å²) in [5.74, 6) is 0.677. The number of anilines is 1. The lowest BCUT2D eigenvalue weighted by molar-refractivity contribution is 0.130. The van der Waals surface area contributed by atoms with Crippen molar-refractivity contribution in [2.24, 2.45) is 0 Å². The lowest BCUT2D eigenvalue weighted by atomic mass is 10.0. The molecule has 7 nitrogen and oxygen atoms in total. The van der Waals surface area contributed by atoms with E-state index >= 15 is 0 Å². The summed E-state index contributed by atoms with van der Waals surface area (Å²) in [6.07, 6.45) is 3.62. The Morgan fingerprint density at radius 1 is 1.12 bits per heavy atom. The molecule has 1 aromatic carbocycles. The van der Waals surface area contributed by atoms with Crippen molar-refractivity contribution in [1.82, 2.24) is 25.1 Å². The first kappa shape index (κ1) is 22.8. The largest absolute Gasteiger partial charge is 0.337 e. The monoisotopic (exact) mass is 456 g/mol. The zero-order chi connectivity index (χ0) is 22.7. The normalized spacial score (nSPS) is 22.8. The number of carbonyl (C=O) groups is 1. The van der Waals surface area contributed by atoms with Crippen LogP contribution in [0.4, 0.5) is 10.7 Å². The molecule has 2 amide bonds. The zero-order valence-corrected chi connectivity index (χ0v) is 19.9. The van der Waals surface area contributed by atoms with E-state index in [1.54, 1.807) is 6.20 Å². The summed E-state index contributed by atoms with van der Waals surface area (Å²) in [6.45, 7) is 10.5. The number of carbonyl (C=O) groups excluding carboxylic acids is 1. The van der Waals surface area contributed by atoms with E-state index in [9.17, 15) is 4.79 Å². The zero-order valence-electron chi connectivity index (χ0n) is 19.2. The van der Waals surface area contributed by atoms with Crippen LogP contribution >= 0.6 is 11.6 Å². The number of hydrogen-bond donors (Lipinski definition) is 1. The second-order valence-electron chi connectivity index (χ2n) is 9.10. The molecule has 1 N–H and O–H groups in total. The van der Waals surface area contributed by atoms with Gasteiger partial charge in [-0.05, 0) is 39.2 Å². The van der Waals surface area contributed by atoms with Gasteiger partial charge in [0.25, 0.3) is 0 Å². The highest BCUT2D eigenvalue weighted by Gasteiger charge is 2.35.